The number of aromatic nitrogens is 5. The van der Waals surface area contributed by atoms with Crippen LogP contribution in [0.15, 0.2) is 96.5 Å². The maximum atomic E-state index is 12.7. The summed E-state index contributed by atoms with van der Waals surface area (Å²) >= 11 is 1.33. The van der Waals surface area contributed by atoms with Crippen LogP contribution in [0.25, 0.3) is 28.0 Å². The molecule has 32 heavy (non-hydrogen) atoms. The third-order valence-corrected chi connectivity index (χ3v) is 5.74. The summed E-state index contributed by atoms with van der Waals surface area (Å²) in [4.78, 5) is 21.3. The number of fused-ring (bicyclic) bond motifs is 1. The minimum Gasteiger partial charge on any atom is -0.323 e. The highest BCUT2D eigenvalue weighted by Crippen LogP contribution is 2.28. The van der Waals surface area contributed by atoms with Crippen LogP contribution in [0.3, 0.4) is 0 Å². The molecule has 3 heterocycles. The maximum absolute atomic E-state index is 12.7. The summed E-state index contributed by atoms with van der Waals surface area (Å²) in [6, 6.07) is 23.2. The Hall–Kier alpha value is -4.04. The van der Waals surface area contributed by atoms with Gasteiger partial charge in [0.15, 0.2) is 11.0 Å². The number of amides is 1. The second-order valence-electron chi connectivity index (χ2n) is 6.94. The Balaban J connectivity index is 1.40. The summed E-state index contributed by atoms with van der Waals surface area (Å²) in [6.07, 6.45) is 5.18. The summed E-state index contributed by atoms with van der Waals surface area (Å²) in [5, 5.41) is 13.3. The number of thioether (sulfide) groups is 1. The van der Waals surface area contributed by atoms with E-state index in [2.05, 4.69) is 25.5 Å². The van der Waals surface area contributed by atoms with E-state index in [0.717, 1.165) is 22.2 Å². The lowest BCUT2D eigenvalue weighted by Gasteiger charge is -2.10. The summed E-state index contributed by atoms with van der Waals surface area (Å²) in [5.41, 5.74) is 3.22. The number of anilines is 1. The SMILES string of the molecule is O=C(CSc1nnc(-c2cccnc2)n1-c1ccccc1)Nc1cccc2cccnc12. The number of benzene rings is 2. The average molecular weight is 439 g/mol. The predicted octanol–water partition coefficient (Wildman–Crippen LogP) is 4.61. The fraction of sp³-hybridized carbons (Fsp3) is 0.0417. The van der Waals surface area contributed by atoms with Crippen molar-refractivity contribution in [3.05, 3.63) is 91.4 Å². The Labute approximate surface area is 188 Å². The molecule has 0 radical (unpaired) electrons. The van der Waals surface area contributed by atoms with Gasteiger partial charge in [-0.1, -0.05) is 48.2 Å². The molecule has 0 spiro atoms. The quantitative estimate of drug-likeness (QED) is 0.390. The highest BCUT2D eigenvalue weighted by molar-refractivity contribution is 7.99. The number of para-hydroxylation sites is 2. The first-order valence-corrected chi connectivity index (χ1v) is 11.0. The van der Waals surface area contributed by atoms with Gasteiger partial charge in [0, 0.05) is 35.2 Å². The molecule has 7 nitrogen and oxygen atoms in total. The topological polar surface area (TPSA) is 85.6 Å². The molecule has 0 aliphatic carbocycles. The summed E-state index contributed by atoms with van der Waals surface area (Å²) in [5.74, 6) is 0.713. The van der Waals surface area contributed by atoms with E-state index in [4.69, 9.17) is 0 Å². The zero-order valence-corrected chi connectivity index (χ0v) is 17.7. The van der Waals surface area contributed by atoms with Crippen LogP contribution in [0.1, 0.15) is 0 Å². The Morgan fingerprint density at radius 2 is 1.75 bits per heavy atom. The normalized spacial score (nSPS) is 10.9. The lowest BCUT2D eigenvalue weighted by atomic mass is 10.2. The van der Waals surface area contributed by atoms with Crippen molar-refractivity contribution in [2.45, 2.75) is 5.16 Å². The van der Waals surface area contributed by atoms with Gasteiger partial charge in [-0.3, -0.25) is 19.3 Å². The minimum absolute atomic E-state index is 0.140. The standard InChI is InChI=1S/C24H18N6OS/c31-21(27-20-12-4-7-17-8-6-14-26-22(17)20)16-32-24-29-28-23(18-9-5-13-25-15-18)30(24)19-10-2-1-3-11-19/h1-15H,16H2,(H,27,31). The van der Waals surface area contributed by atoms with Gasteiger partial charge in [-0.25, -0.2) is 0 Å². The number of carbonyl (C=O) groups is 1. The summed E-state index contributed by atoms with van der Waals surface area (Å²) < 4.78 is 1.94. The molecule has 0 aliphatic heterocycles. The largest absolute Gasteiger partial charge is 0.323 e. The molecule has 5 rings (SSSR count). The Morgan fingerprint density at radius 3 is 2.59 bits per heavy atom. The van der Waals surface area contributed by atoms with Crippen molar-refractivity contribution < 1.29 is 4.79 Å². The number of carbonyl (C=O) groups excluding carboxylic acids is 1. The molecule has 0 unspecified atom stereocenters. The van der Waals surface area contributed by atoms with Crippen molar-refractivity contribution in [1.29, 1.82) is 0 Å². The smallest absolute Gasteiger partial charge is 0.234 e. The fourth-order valence-corrected chi connectivity index (χ4v) is 4.13. The van der Waals surface area contributed by atoms with Crippen LogP contribution in [-0.2, 0) is 4.79 Å². The fourth-order valence-electron chi connectivity index (χ4n) is 3.38. The number of nitrogens with one attached hydrogen (secondary N) is 1. The Bertz CT molecular complexity index is 1370. The van der Waals surface area contributed by atoms with Crippen molar-refractivity contribution in [3.8, 4) is 17.1 Å². The summed E-state index contributed by atoms with van der Waals surface area (Å²) in [7, 11) is 0. The molecular formula is C24H18N6OS. The van der Waals surface area contributed by atoms with E-state index < -0.39 is 0 Å². The second kappa shape index (κ2) is 8.99. The van der Waals surface area contributed by atoms with E-state index in [-0.39, 0.29) is 11.7 Å². The number of nitrogens with zero attached hydrogens (tertiary/aromatic N) is 5. The van der Waals surface area contributed by atoms with Crippen LogP contribution in [0.2, 0.25) is 0 Å². The first kappa shape index (κ1) is 19.9. The van der Waals surface area contributed by atoms with E-state index in [9.17, 15) is 4.79 Å². The lowest BCUT2D eigenvalue weighted by Crippen LogP contribution is -2.15. The molecule has 1 N–H and O–H groups in total. The summed E-state index contributed by atoms with van der Waals surface area (Å²) in [6.45, 7) is 0. The van der Waals surface area contributed by atoms with Gasteiger partial charge in [0.05, 0.1) is 17.0 Å². The molecule has 0 fully saturated rings. The highest BCUT2D eigenvalue weighted by Gasteiger charge is 2.17. The van der Waals surface area contributed by atoms with Crippen LogP contribution in [-0.4, -0.2) is 36.4 Å². The Kier molecular flexibility index (Phi) is 5.59. The van der Waals surface area contributed by atoms with E-state index in [1.807, 2.05) is 77.4 Å². The molecule has 2 aromatic carbocycles. The number of hydrogen-bond donors (Lipinski definition) is 1. The van der Waals surface area contributed by atoms with Crippen molar-refractivity contribution >= 4 is 34.3 Å². The van der Waals surface area contributed by atoms with Crippen LogP contribution in [0.4, 0.5) is 5.69 Å². The van der Waals surface area contributed by atoms with Crippen molar-refractivity contribution in [1.82, 2.24) is 24.7 Å². The zero-order valence-electron chi connectivity index (χ0n) is 16.9. The minimum atomic E-state index is -0.140. The van der Waals surface area contributed by atoms with Crippen molar-refractivity contribution in [2.75, 3.05) is 11.1 Å². The van der Waals surface area contributed by atoms with E-state index in [0.29, 0.717) is 16.7 Å². The maximum Gasteiger partial charge on any atom is 0.234 e. The van der Waals surface area contributed by atoms with Crippen LogP contribution < -0.4 is 5.32 Å². The number of hydrogen-bond acceptors (Lipinski definition) is 6. The molecular weight excluding hydrogens is 420 g/mol. The molecule has 3 aromatic heterocycles. The van der Waals surface area contributed by atoms with E-state index in [1.165, 1.54) is 11.8 Å². The molecule has 0 saturated heterocycles. The van der Waals surface area contributed by atoms with Gasteiger partial charge in [0.25, 0.3) is 0 Å². The third-order valence-electron chi connectivity index (χ3n) is 4.81. The van der Waals surface area contributed by atoms with Gasteiger partial charge in [-0.2, -0.15) is 0 Å². The van der Waals surface area contributed by atoms with Gasteiger partial charge in [-0.05, 0) is 36.4 Å². The highest BCUT2D eigenvalue weighted by atomic mass is 32.2. The monoisotopic (exact) mass is 438 g/mol. The molecule has 0 bridgehead atoms. The molecule has 156 valence electrons. The van der Waals surface area contributed by atoms with Gasteiger partial charge < -0.3 is 5.32 Å². The van der Waals surface area contributed by atoms with E-state index >= 15 is 0 Å². The van der Waals surface area contributed by atoms with Crippen molar-refractivity contribution in [2.24, 2.45) is 0 Å². The lowest BCUT2D eigenvalue weighted by molar-refractivity contribution is -0.113. The molecule has 8 heteroatoms. The molecule has 1 amide bonds. The van der Waals surface area contributed by atoms with Gasteiger partial charge in [0.1, 0.15) is 0 Å². The van der Waals surface area contributed by atoms with Crippen LogP contribution in [0.5, 0.6) is 0 Å². The number of pyridine rings is 2. The molecule has 0 aliphatic rings. The van der Waals surface area contributed by atoms with Crippen LogP contribution in [0, 0.1) is 0 Å². The average Bonchev–Trinajstić information content (AvgIpc) is 3.28. The van der Waals surface area contributed by atoms with Gasteiger partial charge in [-0.15, -0.1) is 10.2 Å². The zero-order chi connectivity index (χ0) is 21.8. The van der Waals surface area contributed by atoms with Gasteiger partial charge in [0.2, 0.25) is 5.91 Å². The van der Waals surface area contributed by atoms with Gasteiger partial charge >= 0.3 is 0 Å². The third kappa shape index (κ3) is 4.08. The molecule has 0 saturated carbocycles. The predicted molar refractivity (Wildman–Crippen MR) is 126 cm³/mol. The Morgan fingerprint density at radius 1 is 0.906 bits per heavy atom. The molecule has 0 atom stereocenters. The number of rotatable bonds is 6. The van der Waals surface area contributed by atoms with Crippen LogP contribution >= 0.6 is 11.8 Å². The van der Waals surface area contributed by atoms with E-state index in [1.54, 1.807) is 18.6 Å². The van der Waals surface area contributed by atoms with Crippen molar-refractivity contribution in [3.63, 3.8) is 0 Å². The first-order valence-electron chi connectivity index (χ1n) is 9.97. The first-order chi connectivity index (χ1) is 15.8. The second-order valence-corrected chi connectivity index (χ2v) is 7.88. The molecule has 5 aromatic rings.